The molecule has 90 valence electrons. The summed E-state index contributed by atoms with van der Waals surface area (Å²) < 4.78 is 1.83. The molecular formula is C12H14ClN3S. The molecule has 0 bridgehead atoms. The number of aromatic nitrogens is 2. The topological polar surface area (TPSA) is 43.8 Å². The third-order valence-electron chi connectivity index (χ3n) is 2.50. The highest BCUT2D eigenvalue weighted by Gasteiger charge is 2.11. The van der Waals surface area contributed by atoms with E-state index in [1.165, 1.54) is 0 Å². The molecule has 1 aromatic carbocycles. The van der Waals surface area contributed by atoms with Crippen LogP contribution >= 0.6 is 23.4 Å². The van der Waals surface area contributed by atoms with E-state index in [1.54, 1.807) is 11.8 Å². The minimum Gasteiger partial charge on any atom is -0.399 e. The van der Waals surface area contributed by atoms with Crippen LogP contribution in [-0.2, 0) is 12.8 Å². The molecule has 2 aromatic rings. The zero-order chi connectivity index (χ0) is 12.4. The van der Waals surface area contributed by atoms with Crippen LogP contribution in [0, 0.1) is 6.92 Å². The van der Waals surface area contributed by atoms with Crippen molar-refractivity contribution in [1.29, 1.82) is 0 Å². The summed E-state index contributed by atoms with van der Waals surface area (Å²) in [5.74, 6) is 0.791. The van der Waals surface area contributed by atoms with Crippen molar-refractivity contribution in [2.45, 2.75) is 17.6 Å². The summed E-state index contributed by atoms with van der Waals surface area (Å²) in [5.41, 5.74) is 8.43. The lowest BCUT2D eigenvalue weighted by atomic mass is 10.3. The fourth-order valence-corrected chi connectivity index (χ4v) is 2.93. The van der Waals surface area contributed by atoms with E-state index < -0.39 is 0 Å². The standard InChI is InChI=1S/C12H14ClN3S/c1-8-12(13)11(16(2)15-8)7-17-10-5-3-4-9(14)6-10/h3-6H,7,14H2,1-2H3. The van der Waals surface area contributed by atoms with E-state index in [9.17, 15) is 0 Å². The summed E-state index contributed by atoms with van der Waals surface area (Å²) in [7, 11) is 1.91. The molecule has 3 nitrogen and oxygen atoms in total. The van der Waals surface area contributed by atoms with Gasteiger partial charge in [0.15, 0.2) is 0 Å². The maximum atomic E-state index is 6.19. The van der Waals surface area contributed by atoms with Crippen LogP contribution in [0.2, 0.25) is 5.02 Å². The molecule has 0 aliphatic heterocycles. The summed E-state index contributed by atoms with van der Waals surface area (Å²) in [5, 5.41) is 5.04. The average molecular weight is 268 g/mol. The third-order valence-corrected chi connectivity index (χ3v) is 3.99. The van der Waals surface area contributed by atoms with E-state index in [4.69, 9.17) is 17.3 Å². The third kappa shape index (κ3) is 2.76. The largest absolute Gasteiger partial charge is 0.399 e. The molecule has 2 rings (SSSR count). The van der Waals surface area contributed by atoms with E-state index in [2.05, 4.69) is 5.10 Å². The Morgan fingerprint density at radius 3 is 2.82 bits per heavy atom. The molecule has 0 unspecified atom stereocenters. The number of halogens is 1. The second kappa shape index (κ2) is 5.02. The van der Waals surface area contributed by atoms with Crippen molar-refractivity contribution in [2.75, 3.05) is 5.73 Å². The number of anilines is 1. The highest BCUT2D eigenvalue weighted by Crippen LogP contribution is 2.28. The van der Waals surface area contributed by atoms with Crippen LogP contribution in [-0.4, -0.2) is 9.78 Å². The monoisotopic (exact) mass is 267 g/mol. The van der Waals surface area contributed by atoms with Crippen LogP contribution < -0.4 is 5.73 Å². The Balaban J connectivity index is 2.12. The minimum atomic E-state index is 0.754. The number of hydrogen-bond donors (Lipinski definition) is 1. The second-order valence-electron chi connectivity index (χ2n) is 3.83. The first-order valence-corrected chi connectivity index (χ1v) is 6.60. The van der Waals surface area contributed by atoms with Crippen molar-refractivity contribution in [2.24, 2.45) is 7.05 Å². The van der Waals surface area contributed by atoms with Gasteiger partial charge in [-0.1, -0.05) is 17.7 Å². The summed E-state index contributed by atoms with van der Waals surface area (Å²) in [6, 6.07) is 7.83. The van der Waals surface area contributed by atoms with Crippen molar-refractivity contribution < 1.29 is 0 Å². The Morgan fingerprint density at radius 2 is 2.24 bits per heavy atom. The van der Waals surface area contributed by atoms with Gasteiger partial charge in [0.05, 0.1) is 16.4 Å². The van der Waals surface area contributed by atoms with Gasteiger partial charge in [-0.15, -0.1) is 11.8 Å². The quantitative estimate of drug-likeness (QED) is 0.686. The van der Waals surface area contributed by atoms with Crippen molar-refractivity contribution in [3.63, 3.8) is 0 Å². The summed E-state index contributed by atoms with van der Waals surface area (Å²) in [6.07, 6.45) is 0. The fraction of sp³-hybridized carbons (Fsp3) is 0.250. The van der Waals surface area contributed by atoms with E-state index >= 15 is 0 Å². The molecule has 0 atom stereocenters. The van der Waals surface area contributed by atoms with Crippen LogP contribution in [0.1, 0.15) is 11.4 Å². The lowest BCUT2D eigenvalue weighted by Crippen LogP contribution is -1.96. The summed E-state index contributed by atoms with van der Waals surface area (Å²) in [6.45, 7) is 1.91. The molecule has 2 N–H and O–H groups in total. The maximum Gasteiger partial charge on any atom is 0.0855 e. The highest BCUT2D eigenvalue weighted by molar-refractivity contribution is 7.98. The Morgan fingerprint density at radius 1 is 1.47 bits per heavy atom. The van der Waals surface area contributed by atoms with Gasteiger partial charge in [0.1, 0.15) is 0 Å². The molecular weight excluding hydrogens is 254 g/mol. The number of rotatable bonds is 3. The molecule has 0 amide bonds. The molecule has 0 aliphatic carbocycles. The number of benzene rings is 1. The molecule has 0 radical (unpaired) electrons. The Kier molecular flexibility index (Phi) is 3.64. The second-order valence-corrected chi connectivity index (χ2v) is 5.26. The lowest BCUT2D eigenvalue weighted by molar-refractivity contribution is 0.727. The molecule has 5 heteroatoms. The number of aryl methyl sites for hydroxylation is 2. The Bertz CT molecular complexity index is 537. The zero-order valence-electron chi connectivity index (χ0n) is 9.77. The molecule has 0 spiro atoms. The average Bonchev–Trinajstić information content (AvgIpc) is 2.51. The first-order valence-electron chi connectivity index (χ1n) is 5.24. The molecule has 17 heavy (non-hydrogen) atoms. The van der Waals surface area contributed by atoms with Crippen molar-refractivity contribution in [1.82, 2.24) is 9.78 Å². The highest BCUT2D eigenvalue weighted by atomic mass is 35.5. The van der Waals surface area contributed by atoms with Crippen molar-refractivity contribution in [3.05, 3.63) is 40.7 Å². The molecule has 0 saturated carbocycles. The predicted octanol–water partition coefficient (Wildman–Crippen LogP) is 3.26. The van der Waals surface area contributed by atoms with Gasteiger partial charge < -0.3 is 5.73 Å². The van der Waals surface area contributed by atoms with Gasteiger partial charge in [-0.3, -0.25) is 4.68 Å². The van der Waals surface area contributed by atoms with Gasteiger partial charge in [0.25, 0.3) is 0 Å². The number of nitrogens with zero attached hydrogens (tertiary/aromatic N) is 2. The Hall–Kier alpha value is -1.13. The number of hydrogen-bond acceptors (Lipinski definition) is 3. The minimum absolute atomic E-state index is 0.754. The van der Waals surface area contributed by atoms with Crippen molar-refractivity contribution in [3.8, 4) is 0 Å². The molecule has 1 heterocycles. The van der Waals surface area contributed by atoms with Gasteiger partial charge in [-0.2, -0.15) is 5.10 Å². The molecule has 0 fully saturated rings. The van der Waals surface area contributed by atoms with Crippen LogP contribution in [0.15, 0.2) is 29.2 Å². The van der Waals surface area contributed by atoms with E-state index in [1.807, 2.05) is 42.9 Å². The first-order chi connectivity index (χ1) is 8.08. The van der Waals surface area contributed by atoms with Gasteiger partial charge in [0, 0.05) is 23.4 Å². The Labute approximate surface area is 110 Å². The number of nitrogens with two attached hydrogens (primary N) is 1. The number of thioether (sulfide) groups is 1. The molecule has 0 aliphatic rings. The van der Waals surface area contributed by atoms with Gasteiger partial charge >= 0.3 is 0 Å². The van der Waals surface area contributed by atoms with Crippen LogP contribution in [0.25, 0.3) is 0 Å². The molecule has 0 saturated heterocycles. The van der Waals surface area contributed by atoms with Gasteiger partial charge in [0.2, 0.25) is 0 Å². The summed E-state index contributed by atoms with van der Waals surface area (Å²) in [4.78, 5) is 1.14. The normalized spacial score (nSPS) is 10.8. The van der Waals surface area contributed by atoms with Gasteiger partial charge in [-0.05, 0) is 25.1 Å². The van der Waals surface area contributed by atoms with Crippen LogP contribution in [0.3, 0.4) is 0 Å². The van der Waals surface area contributed by atoms with Gasteiger partial charge in [-0.25, -0.2) is 0 Å². The first kappa shape index (κ1) is 12.3. The van der Waals surface area contributed by atoms with E-state index in [0.717, 1.165) is 32.7 Å². The van der Waals surface area contributed by atoms with Crippen LogP contribution in [0.4, 0.5) is 5.69 Å². The van der Waals surface area contributed by atoms with E-state index in [0.29, 0.717) is 0 Å². The number of nitrogen functional groups attached to an aromatic ring is 1. The maximum absolute atomic E-state index is 6.19. The smallest absolute Gasteiger partial charge is 0.0855 e. The summed E-state index contributed by atoms with van der Waals surface area (Å²) >= 11 is 7.89. The van der Waals surface area contributed by atoms with Crippen LogP contribution in [0.5, 0.6) is 0 Å². The van der Waals surface area contributed by atoms with E-state index in [-0.39, 0.29) is 0 Å². The lowest BCUT2D eigenvalue weighted by Gasteiger charge is -2.04. The van der Waals surface area contributed by atoms with Crippen molar-refractivity contribution >= 4 is 29.1 Å². The predicted molar refractivity (Wildman–Crippen MR) is 73.4 cm³/mol. The SMILES string of the molecule is Cc1nn(C)c(CSc2cccc(N)c2)c1Cl. The zero-order valence-corrected chi connectivity index (χ0v) is 11.3. The fourth-order valence-electron chi connectivity index (χ4n) is 1.59. The molecule has 1 aromatic heterocycles.